The standard InChI is InChI=1S/C9H20Si/c1-5-6-7-8-9-10(2,3)4/h6-7H,5,8-9H2,1-4H3/b7-6-. The molecule has 0 radical (unpaired) electrons. The number of allylic oxidation sites excluding steroid dienone is 2. The van der Waals surface area contributed by atoms with Gasteiger partial charge in [-0.05, 0) is 12.8 Å². The number of hydrogen-bond acceptors (Lipinski definition) is 0. The van der Waals surface area contributed by atoms with Crippen LogP contribution < -0.4 is 0 Å². The van der Waals surface area contributed by atoms with Crippen LogP contribution in [0.25, 0.3) is 0 Å². The maximum atomic E-state index is 2.42. The number of hydrogen-bond donors (Lipinski definition) is 0. The SMILES string of the molecule is CC/C=C\CC[Si](C)(C)C. The van der Waals surface area contributed by atoms with Crippen LogP contribution in [0.4, 0.5) is 0 Å². The maximum absolute atomic E-state index is 2.42. The average molecular weight is 156 g/mol. The highest BCUT2D eigenvalue weighted by Gasteiger charge is 2.09. The van der Waals surface area contributed by atoms with Gasteiger partial charge in [0.2, 0.25) is 0 Å². The fraction of sp³-hybridized carbons (Fsp3) is 0.778. The fourth-order valence-corrected chi connectivity index (χ4v) is 1.83. The second kappa shape index (κ2) is 4.72. The van der Waals surface area contributed by atoms with Gasteiger partial charge in [0, 0.05) is 8.07 Å². The Morgan fingerprint density at radius 3 is 2.10 bits per heavy atom. The van der Waals surface area contributed by atoms with E-state index in [0.29, 0.717) is 0 Å². The topological polar surface area (TPSA) is 0 Å². The second-order valence-electron chi connectivity index (χ2n) is 3.98. The van der Waals surface area contributed by atoms with Gasteiger partial charge in [-0.2, -0.15) is 0 Å². The van der Waals surface area contributed by atoms with Crippen molar-refractivity contribution in [1.29, 1.82) is 0 Å². The van der Waals surface area contributed by atoms with Gasteiger partial charge in [0.1, 0.15) is 0 Å². The summed E-state index contributed by atoms with van der Waals surface area (Å²) in [4.78, 5) is 0. The molecular formula is C9H20Si. The van der Waals surface area contributed by atoms with Gasteiger partial charge < -0.3 is 0 Å². The molecule has 0 heterocycles. The molecule has 10 heavy (non-hydrogen) atoms. The zero-order valence-electron chi connectivity index (χ0n) is 7.78. The smallest absolute Gasteiger partial charge is 0.0445 e. The van der Waals surface area contributed by atoms with Crippen molar-refractivity contribution in [3.05, 3.63) is 12.2 Å². The maximum Gasteiger partial charge on any atom is 0.0445 e. The predicted octanol–water partition coefficient (Wildman–Crippen LogP) is 3.68. The van der Waals surface area contributed by atoms with Gasteiger partial charge in [0.25, 0.3) is 0 Å². The molecule has 1 heteroatoms. The van der Waals surface area contributed by atoms with Crippen molar-refractivity contribution in [3.8, 4) is 0 Å². The summed E-state index contributed by atoms with van der Waals surface area (Å²) in [5.41, 5.74) is 0. The zero-order valence-corrected chi connectivity index (χ0v) is 8.78. The highest BCUT2D eigenvalue weighted by atomic mass is 28.3. The molecule has 0 aromatic rings. The van der Waals surface area contributed by atoms with Crippen molar-refractivity contribution in [2.75, 3.05) is 0 Å². The van der Waals surface area contributed by atoms with E-state index in [-0.39, 0.29) is 0 Å². The van der Waals surface area contributed by atoms with Gasteiger partial charge in [0.15, 0.2) is 0 Å². The Hall–Kier alpha value is -0.0431. The van der Waals surface area contributed by atoms with Crippen molar-refractivity contribution in [3.63, 3.8) is 0 Å². The first-order valence-electron chi connectivity index (χ1n) is 4.21. The molecule has 0 atom stereocenters. The summed E-state index contributed by atoms with van der Waals surface area (Å²) in [6.45, 7) is 9.46. The van der Waals surface area contributed by atoms with Crippen LogP contribution in [0.1, 0.15) is 19.8 Å². The molecule has 0 fully saturated rings. The van der Waals surface area contributed by atoms with Gasteiger partial charge in [-0.25, -0.2) is 0 Å². The Morgan fingerprint density at radius 1 is 1.10 bits per heavy atom. The van der Waals surface area contributed by atoms with Crippen LogP contribution in [0.3, 0.4) is 0 Å². The lowest BCUT2D eigenvalue weighted by Crippen LogP contribution is -2.18. The summed E-state index contributed by atoms with van der Waals surface area (Å²) in [5.74, 6) is 0. The lowest BCUT2D eigenvalue weighted by atomic mass is 10.4. The summed E-state index contributed by atoms with van der Waals surface area (Å²) in [6, 6.07) is 1.43. The molecule has 0 bridgehead atoms. The number of rotatable bonds is 4. The van der Waals surface area contributed by atoms with Crippen molar-refractivity contribution in [2.24, 2.45) is 0 Å². The minimum Gasteiger partial charge on any atom is -0.0888 e. The van der Waals surface area contributed by atoms with E-state index in [9.17, 15) is 0 Å². The van der Waals surface area contributed by atoms with E-state index in [0.717, 1.165) is 0 Å². The van der Waals surface area contributed by atoms with E-state index >= 15 is 0 Å². The summed E-state index contributed by atoms with van der Waals surface area (Å²) >= 11 is 0. The molecule has 0 saturated carbocycles. The molecule has 0 unspecified atom stereocenters. The molecular weight excluding hydrogens is 136 g/mol. The van der Waals surface area contributed by atoms with E-state index in [4.69, 9.17) is 0 Å². The molecule has 60 valence electrons. The van der Waals surface area contributed by atoms with Crippen molar-refractivity contribution < 1.29 is 0 Å². The van der Waals surface area contributed by atoms with Crippen molar-refractivity contribution in [1.82, 2.24) is 0 Å². The molecule has 0 aliphatic carbocycles. The molecule has 0 spiro atoms. The minimum atomic E-state index is -0.758. The predicted molar refractivity (Wildman–Crippen MR) is 52.2 cm³/mol. The van der Waals surface area contributed by atoms with Crippen LogP contribution in [0.15, 0.2) is 12.2 Å². The minimum absolute atomic E-state index is 0.758. The third kappa shape index (κ3) is 7.96. The monoisotopic (exact) mass is 156 g/mol. The summed E-state index contributed by atoms with van der Waals surface area (Å²) in [5, 5.41) is 0. The summed E-state index contributed by atoms with van der Waals surface area (Å²) < 4.78 is 0. The third-order valence-electron chi connectivity index (χ3n) is 1.46. The van der Waals surface area contributed by atoms with Gasteiger partial charge in [-0.3, -0.25) is 0 Å². The van der Waals surface area contributed by atoms with Crippen molar-refractivity contribution in [2.45, 2.75) is 45.5 Å². The molecule has 0 rings (SSSR count). The van der Waals surface area contributed by atoms with E-state index in [2.05, 4.69) is 38.7 Å². The van der Waals surface area contributed by atoms with Gasteiger partial charge in [-0.15, -0.1) is 0 Å². The first kappa shape index (κ1) is 9.96. The molecule has 0 nitrogen and oxygen atoms in total. The van der Waals surface area contributed by atoms with Crippen LogP contribution in [0.2, 0.25) is 25.7 Å². The molecule has 0 aromatic carbocycles. The highest BCUT2D eigenvalue weighted by Crippen LogP contribution is 2.11. The Balaban J connectivity index is 3.28. The Morgan fingerprint density at radius 2 is 1.70 bits per heavy atom. The molecule has 0 aliphatic rings. The van der Waals surface area contributed by atoms with Crippen LogP contribution in [-0.4, -0.2) is 8.07 Å². The Bertz CT molecular complexity index is 97.8. The molecule has 0 aliphatic heterocycles. The van der Waals surface area contributed by atoms with E-state index in [1.54, 1.807) is 0 Å². The second-order valence-corrected chi connectivity index (χ2v) is 9.60. The summed E-state index contributed by atoms with van der Waals surface area (Å²) in [7, 11) is -0.758. The Labute approximate surface area is 66.4 Å². The van der Waals surface area contributed by atoms with E-state index < -0.39 is 8.07 Å². The van der Waals surface area contributed by atoms with E-state index in [1.165, 1.54) is 18.9 Å². The first-order valence-corrected chi connectivity index (χ1v) is 7.92. The zero-order chi connectivity index (χ0) is 8.04. The van der Waals surface area contributed by atoms with Crippen LogP contribution in [0.5, 0.6) is 0 Å². The van der Waals surface area contributed by atoms with E-state index in [1.807, 2.05) is 0 Å². The van der Waals surface area contributed by atoms with Crippen LogP contribution >= 0.6 is 0 Å². The Kier molecular flexibility index (Phi) is 4.70. The third-order valence-corrected chi connectivity index (χ3v) is 3.25. The summed E-state index contributed by atoms with van der Waals surface area (Å²) in [6.07, 6.45) is 7.06. The lowest BCUT2D eigenvalue weighted by molar-refractivity contribution is 1.12. The average Bonchev–Trinajstić information content (AvgIpc) is 1.78. The highest BCUT2D eigenvalue weighted by molar-refractivity contribution is 6.76. The van der Waals surface area contributed by atoms with Gasteiger partial charge >= 0.3 is 0 Å². The first-order chi connectivity index (χ1) is 4.56. The van der Waals surface area contributed by atoms with Crippen LogP contribution in [0, 0.1) is 0 Å². The molecule has 0 saturated heterocycles. The normalized spacial score (nSPS) is 12.8. The molecule has 0 amide bonds. The van der Waals surface area contributed by atoms with Crippen LogP contribution in [-0.2, 0) is 0 Å². The largest absolute Gasteiger partial charge is 0.0888 e. The molecule has 0 aromatic heterocycles. The molecule has 0 N–H and O–H groups in total. The lowest BCUT2D eigenvalue weighted by Gasteiger charge is -2.13. The van der Waals surface area contributed by atoms with Crippen molar-refractivity contribution >= 4 is 8.07 Å². The quantitative estimate of drug-likeness (QED) is 0.430. The van der Waals surface area contributed by atoms with Gasteiger partial charge in [-0.1, -0.05) is 44.8 Å². The van der Waals surface area contributed by atoms with Gasteiger partial charge in [0.05, 0.1) is 0 Å². The fourth-order valence-electron chi connectivity index (χ4n) is 0.801.